The monoisotopic (exact) mass is 191 g/mol. The van der Waals surface area contributed by atoms with Gasteiger partial charge in [-0.25, -0.2) is 0 Å². The van der Waals surface area contributed by atoms with Crippen molar-refractivity contribution in [3.05, 3.63) is 30.2 Å². The second-order valence-electron chi connectivity index (χ2n) is 3.92. The van der Waals surface area contributed by atoms with Gasteiger partial charge in [0.25, 0.3) is 0 Å². The Balaban J connectivity index is 1.73. The molecule has 0 radical (unpaired) electrons. The molecule has 0 spiro atoms. The summed E-state index contributed by atoms with van der Waals surface area (Å²) in [5, 5.41) is 3.49. The lowest BCUT2D eigenvalue weighted by Gasteiger charge is -1.99. The molecule has 0 atom stereocenters. The highest BCUT2D eigenvalue weighted by molar-refractivity contribution is 5.62. The molecular weight excluding hydrogens is 174 g/mol. The van der Waals surface area contributed by atoms with Crippen LogP contribution in [0.5, 0.6) is 0 Å². The lowest BCUT2D eigenvalue weighted by molar-refractivity contribution is 0.566. The van der Waals surface area contributed by atoms with Gasteiger partial charge in [-0.1, -0.05) is 6.08 Å². The molecule has 2 rings (SSSR count). The Morgan fingerprint density at radius 3 is 3.14 bits per heavy atom. The molecule has 1 aliphatic rings. The van der Waals surface area contributed by atoms with Crippen LogP contribution in [0.25, 0.3) is 5.57 Å². The van der Waals surface area contributed by atoms with Crippen molar-refractivity contribution < 1.29 is 4.42 Å². The lowest BCUT2D eigenvalue weighted by atomic mass is 10.1. The first-order valence-corrected chi connectivity index (χ1v) is 5.29. The molecule has 0 aromatic carbocycles. The number of rotatable bonds is 5. The molecule has 0 saturated heterocycles. The van der Waals surface area contributed by atoms with Gasteiger partial charge in [0.1, 0.15) is 0 Å². The van der Waals surface area contributed by atoms with Crippen LogP contribution >= 0.6 is 0 Å². The number of furan rings is 1. The van der Waals surface area contributed by atoms with Gasteiger partial charge in [-0.15, -0.1) is 0 Å². The number of nitrogens with one attached hydrogen (secondary N) is 1. The summed E-state index contributed by atoms with van der Waals surface area (Å²) in [7, 11) is 0. The Hall–Kier alpha value is -1.02. The molecule has 14 heavy (non-hydrogen) atoms. The summed E-state index contributed by atoms with van der Waals surface area (Å²) >= 11 is 0. The van der Waals surface area contributed by atoms with E-state index < -0.39 is 0 Å². The van der Waals surface area contributed by atoms with E-state index in [0.29, 0.717) is 0 Å². The SMILES string of the molecule is CC(=CCCNC1CC1)c1ccoc1. The van der Waals surface area contributed by atoms with Crippen molar-refractivity contribution in [3.63, 3.8) is 0 Å². The zero-order valence-corrected chi connectivity index (χ0v) is 8.62. The Labute approximate surface area is 85.0 Å². The van der Waals surface area contributed by atoms with E-state index in [-0.39, 0.29) is 0 Å². The van der Waals surface area contributed by atoms with Gasteiger partial charge in [0.15, 0.2) is 0 Å². The van der Waals surface area contributed by atoms with E-state index in [1.165, 1.54) is 24.0 Å². The highest BCUT2D eigenvalue weighted by atomic mass is 16.3. The molecule has 76 valence electrons. The Kier molecular flexibility index (Phi) is 3.04. The Morgan fingerprint density at radius 1 is 1.64 bits per heavy atom. The average Bonchev–Trinajstić information content (AvgIpc) is 2.84. The van der Waals surface area contributed by atoms with Crippen LogP contribution in [-0.2, 0) is 0 Å². The molecule has 0 unspecified atom stereocenters. The third-order valence-electron chi connectivity index (χ3n) is 2.58. The summed E-state index contributed by atoms with van der Waals surface area (Å²) in [5.74, 6) is 0. The van der Waals surface area contributed by atoms with Gasteiger partial charge in [0.2, 0.25) is 0 Å². The van der Waals surface area contributed by atoms with Crippen LogP contribution in [0.1, 0.15) is 31.7 Å². The normalized spacial score (nSPS) is 17.4. The molecule has 1 aromatic heterocycles. The van der Waals surface area contributed by atoms with Gasteiger partial charge in [0.05, 0.1) is 12.5 Å². The molecule has 1 N–H and O–H groups in total. The lowest BCUT2D eigenvalue weighted by Crippen LogP contribution is -2.16. The minimum absolute atomic E-state index is 0.817. The van der Waals surface area contributed by atoms with Gasteiger partial charge in [0, 0.05) is 11.6 Å². The second kappa shape index (κ2) is 4.47. The van der Waals surface area contributed by atoms with E-state index >= 15 is 0 Å². The van der Waals surface area contributed by atoms with Crippen molar-refractivity contribution in [2.45, 2.75) is 32.2 Å². The number of hydrogen-bond donors (Lipinski definition) is 1. The maximum atomic E-state index is 5.03. The Bertz CT molecular complexity index is 296. The quantitative estimate of drug-likeness (QED) is 0.724. The third-order valence-corrected chi connectivity index (χ3v) is 2.58. The van der Waals surface area contributed by atoms with Crippen LogP contribution < -0.4 is 5.32 Å². The minimum atomic E-state index is 0.817. The average molecular weight is 191 g/mol. The molecule has 2 nitrogen and oxygen atoms in total. The molecule has 1 fully saturated rings. The van der Waals surface area contributed by atoms with Crippen molar-refractivity contribution in [1.82, 2.24) is 5.32 Å². The van der Waals surface area contributed by atoms with Gasteiger partial charge in [-0.3, -0.25) is 0 Å². The van der Waals surface area contributed by atoms with Crippen LogP contribution in [0.3, 0.4) is 0 Å². The van der Waals surface area contributed by atoms with E-state index in [1.54, 1.807) is 12.5 Å². The first-order chi connectivity index (χ1) is 6.86. The Morgan fingerprint density at radius 2 is 2.50 bits per heavy atom. The molecular formula is C12H17NO. The summed E-state index contributed by atoms with van der Waals surface area (Å²) < 4.78 is 5.03. The molecule has 1 heterocycles. The third kappa shape index (κ3) is 2.74. The van der Waals surface area contributed by atoms with Crippen LogP contribution in [0.15, 0.2) is 29.1 Å². The summed E-state index contributed by atoms with van der Waals surface area (Å²) in [5.41, 5.74) is 2.49. The zero-order valence-electron chi connectivity index (χ0n) is 8.62. The number of allylic oxidation sites excluding steroid dienone is 1. The van der Waals surface area contributed by atoms with E-state index in [1.807, 2.05) is 6.07 Å². The van der Waals surface area contributed by atoms with Gasteiger partial charge < -0.3 is 9.73 Å². The van der Waals surface area contributed by atoms with Crippen LogP contribution in [0.4, 0.5) is 0 Å². The molecule has 1 aromatic rings. The fourth-order valence-electron chi connectivity index (χ4n) is 1.47. The van der Waals surface area contributed by atoms with Crippen molar-refractivity contribution in [3.8, 4) is 0 Å². The van der Waals surface area contributed by atoms with E-state index in [2.05, 4.69) is 18.3 Å². The fraction of sp³-hybridized carbons (Fsp3) is 0.500. The zero-order chi connectivity index (χ0) is 9.80. The summed E-state index contributed by atoms with van der Waals surface area (Å²) in [6.07, 6.45) is 9.61. The molecule has 1 saturated carbocycles. The highest BCUT2D eigenvalue weighted by Gasteiger charge is 2.19. The van der Waals surface area contributed by atoms with Crippen LogP contribution in [0, 0.1) is 0 Å². The first kappa shape index (κ1) is 9.53. The van der Waals surface area contributed by atoms with Gasteiger partial charge >= 0.3 is 0 Å². The maximum absolute atomic E-state index is 5.03. The predicted molar refractivity (Wildman–Crippen MR) is 58.0 cm³/mol. The van der Waals surface area contributed by atoms with Crippen molar-refractivity contribution in [2.75, 3.05) is 6.54 Å². The summed E-state index contributed by atoms with van der Waals surface area (Å²) in [6.45, 7) is 3.22. The fourth-order valence-corrected chi connectivity index (χ4v) is 1.47. The predicted octanol–water partition coefficient (Wildman–Crippen LogP) is 2.83. The number of hydrogen-bond acceptors (Lipinski definition) is 2. The van der Waals surface area contributed by atoms with Crippen molar-refractivity contribution in [2.24, 2.45) is 0 Å². The summed E-state index contributed by atoms with van der Waals surface area (Å²) in [6, 6.07) is 2.82. The minimum Gasteiger partial charge on any atom is -0.472 e. The second-order valence-corrected chi connectivity index (χ2v) is 3.92. The van der Waals surface area contributed by atoms with Gasteiger partial charge in [-0.2, -0.15) is 0 Å². The topological polar surface area (TPSA) is 25.2 Å². The molecule has 2 heteroatoms. The van der Waals surface area contributed by atoms with Crippen molar-refractivity contribution >= 4 is 5.57 Å². The molecule has 1 aliphatic carbocycles. The highest BCUT2D eigenvalue weighted by Crippen LogP contribution is 2.18. The van der Waals surface area contributed by atoms with Crippen LogP contribution in [0.2, 0.25) is 0 Å². The van der Waals surface area contributed by atoms with Crippen LogP contribution in [-0.4, -0.2) is 12.6 Å². The standard InChI is InChI=1S/C12H17NO/c1-10(11-6-8-14-9-11)3-2-7-13-12-4-5-12/h3,6,8-9,12-13H,2,4-5,7H2,1H3. The van der Waals surface area contributed by atoms with Gasteiger partial charge in [-0.05, 0) is 44.4 Å². The molecule has 0 amide bonds. The molecule has 0 bridgehead atoms. The van der Waals surface area contributed by atoms with E-state index in [4.69, 9.17) is 4.42 Å². The molecule has 0 aliphatic heterocycles. The first-order valence-electron chi connectivity index (χ1n) is 5.29. The van der Waals surface area contributed by atoms with E-state index in [9.17, 15) is 0 Å². The smallest absolute Gasteiger partial charge is 0.0977 e. The van der Waals surface area contributed by atoms with Crippen molar-refractivity contribution in [1.29, 1.82) is 0 Å². The summed E-state index contributed by atoms with van der Waals surface area (Å²) in [4.78, 5) is 0. The maximum Gasteiger partial charge on any atom is 0.0977 e. The largest absolute Gasteiger partial charge is 0.472 e. The van der Waals surface area contributed by atoms with E-state index in [0.717, 1.165) is 19.0 Å².